The zero-order valence-electron chi connectivity index (χ0n) is 36.1. The second-order valence-corrected chi connectivity index (χ2v) is 17.2. The van der Waals surface area contributed by atoms with Gasteiger partial charge in [0, 0.05) is 51.8 Å². The van der Waals surface area contributed by atoms with Crippen molar-refractivity contribution in [1.29, 1.82) is 0 Å². The van der Waals surface area contributed by atoms with Crippen molar-refractivity contribution in [1.82, 2.24) is 0 Å². The fraction of sp³-hybridized carbons (Fsp3) is 0.0816. The Morgan fingerprint density at radius 1 is 0.412 bits per heavy atom. The van der Waals surface area contributed by atoms with Gasteiger partial charge in [-0.15, -0.1) is 0 Å². The molecular weight excluding hydrogens is 1050 g/mol. The molecule has 0 unspecified atom stereocenters. The Morgan fingerprint density at radius 2 is 0.691 bits per heavy atom. The summed E-state index contributed by atoms with van der Waals surface area (Å²) >= 11 is 20.0. The van der Waals surface area contributed by atoms with Crippen LogP contribution in [0, 0.1) is 6.92 Å². The molecule has 3 aromatic rings. The minimum absolute atomic E-state index is 0.0208. The van der Waals surface area contributed by atoms with Crippen molar-refractivity contribution < 1.29 is 43.2 Å². The number of Topliss-reactive ketones (excluding diaryl/α,β-unsaturated/α-hetero) is 9. The Hall–Kier alpha value is -7.31. The summed E-state index contributed by atoms with van der Waals surface area (Å²) in [5.41, 5.74) is 5.38. The Bertz CT molecular complexity index is 3100. The Labute approximate surface area is 415 Å². The number of halogens is 4. The van der Waals surface area contributed by atoms with Crippen LogP contribution < -0.4 is 32.3 Å². The molecular formula is C49H36Br2Cl2N6O9. The van der Waals surface area contributed by atoms with Crippen LogP contribution in [0.25, 0.3) is 0 Å². The molecule has 3 aliphatic carbocycles. The lowest BCUT2D eigenvalue weighted by molar-refractivity contribution is -0.126. The molecule has 0 saturated heterocycles. The third kappa shape index (κ3) is 10.0. The van der Waals surface area contributed by atoms with Crippen molar-refractivity contribution in [2.24, 2.45) is 5.73 Å². The summed E-state index contributed by atoms with van der Waals surface area (Å²) in [6.45, 7) is 6.37. The van der Waals surface area contributed by atoms with Gasteiger partial charge in [0.1, 0.15) is 0 Å². The van der Waals surface area contributed by atoms with Gasteiger partial charge in [-0.1, -0.05) is 59.1 Å². The lowest BCUT2D eigenvalue weighted by Gasteiger charge is -2.19. The summed E-state index contributed by atoms with van der Waals surface area (Å²) in [6.07, 6.45) is 10.5. The van der Waals surface area contributed by atoms with Crippen LogP contribution in [0.5, 0.6) is 0 Å². The number of hydrogen-bond donors (Lipinski definition) is 6. The second-order valence-electron chi connectivity index (χ2n) is 14.7. The van der Waals surface area contributed by atoms with E-state index in [-0.39, 0.29) is 66.0 Å². The largest absolute Gasteiger partial charge is 0.404 e. The number of carbonyl (C=O) groups excluding carboxylic acids is 9. The van der Waals surface area contributed by atoms with Crippen LogP contribution in [0.2, 0.25) is 10.0 Å². The number of carbonyl (C=O) groups is 9. The third-order valence-corrected chi connectivity index (χ3v) is 12.4. The second kappa shape index (κ2) is 21.1. The van der Waals surface area contributed by atoms with E-state index in [1.54, 1.807) is 24.3 Å². The lowest BCUT2D eigenvalue weighted by atomic mass is 9.83. The van der Waals surface area contributed by atoms with Crippen molar-refractivity contribution >= 4 is 136 Å². The number of rotatable bonds is 10. The van der Waals surface area contributed by atoms with Crippen LogP contribution in [0.4, 0.5) is 28.4 Å². The highest BCUT2D eigenvalue weighted by atomic mass is 79.9. The van der Waals surface area contributed by atoms with E-state index in [0.717, 1.165) is 36.6 Å². The molecule has 0 aliphatic heterocycles. The van der Waals surface area contributed by atoms with Gasteiger partial charge < -0.3 is 32.3 Å². The molecule has 344 valence electrons. The Balaban J connectivity index is 1.20. The first kappa shape index (κ1) is 50.1. The Morgan fingerprint density at radius 3 is 1.01 bits per heavy atom. The molecule has 19 heteroatoms. The van der Waals surface area contributed by atoms with Crippen molar-refractivity contribution in [2.45, 2.75) is 27.7 Å². The maximum atomic E-state index is 13.8. The predicted molar refractivity (Wildman–Crippen MR) is 267 cm³/mol. The number of allylic oxidation sites excluding steroid dienone is 12. The summed E-state index contributed by atoms with van der Waals surface area (Å²) < 4.78 is 0.795. The lowest BCUT2D eigenvalue weighted by Crippen LogP contribution is -2.32. The van der Waals surface area contributed by atoms with Crippen LogP contribution in [-0.4, -0.2) is 52.0 Å². The highest BCUT2D eigenvalue weighted by Crippen LogP contribution is 2.36. The van der Waals surface area contributed by atoms with Crippen molar-refractivity contribution in [3.63, 3.8) is 0 Å². The van der Waals surface area contributed by atoms with Gasteiger partial charge in [0.15, 0.2) is 0 Å². The molecule has 0 aromatic heterocycles. The fourth-order valence-electron chi connectivity index (χ4n) is 6.77. The highest BCUT2D eigenvalue weighted by Gasteiger charge is 2.40. The highest BCUT2D eigenvalue weighted by molar-refractivity contribution is 9.11. The summed E-state index contributed by atoms with van der Waals surface area (Å²) in [6, 6.07) is 13.1. The monoisotopic (exact) mass is 1080 g/mol. The van der Waals surface area contributed by atoms with E-state index >= 15 is 0 Å². The molecule has 0 atom stereocenters. The van der Waals surface area contributed by atoms with Crippen molar-refractivity contribution in [3.8, 4) is 0 Å². The summed E-state index contributed by atoms with van der Waals surface area (Å²) in [5, 5.41) is 14.4. The van der Waals surface area contributed by atoms with Gasteiger partial charge in [-0.3, -0.25) is 43.2 Å². The van der Waals surface area contributed by atoms with Gasteiger partial charge in [0.05, 0.1) is 83.0 Å². The predicted octanol–water partition coefficient (Wildman–Crippen LogP) is 8.55. The van der Waals surface area contributed by atoms with E-state index in [4.69, 9.17) is 28.9 Å². The summed E-state index contributed by atoms with van der Waals surface area (Å²) in [7, 11) is 0. The maximum absolute atomic E-state index is 13.8. The summed E-state index contributed by atoms with van der Waals surface area (Å²) in [5.74, 6) is -7.36. The first-order chi connectivity index (χ1) is 32.4. The molecule has 0 spiro atoms. The average molecular weight is 1080 g/mol. The zero-order valence-corrected chi connectivity index (χ0v) is 40.8. The normalized spacial score (nSPS) is 21.2. The minimum atomic E-state index is -0.923. The molecule has 3 aliphatic rings. The number of anilines is 5. The molecule has 6 rings (SSSR count). The van der Waals surface area contributed by atoms with Crippen LogP contribution in [0.1, 0.15) is 26.3 Å². The fourth-order valence-corrected chi connectivity index (χ4v) is 8.12. The smallest absolute Gasteiger partial charge is 0.203 e. The number of hydrogen-bond acceptors (Lipinski definition) is 15. The molecule has 68 heavy (non-hydrogen) atoms. The van der Waals surface area contributed by atoms with E-state index in [0.29, 0.717) is 26.0 Å². The van der Waals surface area contributed by atoms with E-state index in [2.05, 4.69) is 58.4 Å². The molecule has 0 radical (unpaired) electrons. The molecule has 0 amide bonds. The number of benzene rings is 3. The van der Waals surface area contributed by atoms with Gasteiger partial charge in [0.25, 0.3) is 0 Å². The third-order valence-electron chi connectivity index (χ3n) is 10.5. The van der Waals surface area contributed by atoms with Gasteiger partial charge in [-0.25, -0.2) is 0 Å². The van der Waals surface area contributed by atoms with Crippen molar-refractivity contribution in [3.05, 3.63) is 179 Å². The zero-order chi connectivity index (χ0) is 49.7. The molecule has 15 nitrogen and oxygen atoms in total. The first-order valence-corrected chi connectivity index (χ1v) is 22.4. The molecule has 3 saturated carbocycles. The number of ketones is 9. The van der Waals surface area contributed by atoms with Gasteiger partial charge in [-0.2, -0.15) is 0 Å². The standard InChI is InChI=1S/C49H36Br2Cl2N6O9/c1-5-24-41(60)27(16-54)47(66)29(42(24)61)18-56-37-12-34(51)38(13-33(37)50)57-19-30-44(63)26(7-3)46(65)32(49(30)68)21-59-40-15-35(52)39(14-36(40)53)58-20-31-45(64)25(6-2)43(62)28(48(31)67)17-55-23-10-8-22(4)9-11-23/h5-21,55-59H,54H2,1-4H3/b24-5-,25-6+,26-7-,27-16+,28-17-,29-18-,30-19+,31-20+,32-21-. The molecule has 0 heterocycles. The van der Waals surface area contributed by atoms with E-state index < -0.39 is 57.6 Å². The van der Waals surface area contributed by atoms with E-state index in [9.17, 15) is 43.2 Å². The number of nitrogens with two attached hydrogens (primary N) is 1. The number of aryl methyl sites for hydroxylation is 1. The van der Waals surface area contributed by atoms with Gasteiger partial charge >= 0.3 is 0 Å². The number of nitrogens with one attached hydrogen (secondary N) is 5. The van der Waals surface area contributed by atoms with E-state index in [1.165, 1.54) is 57.3 Å². The van der Waals surface area contributed by atoms with Gasteiger partial charge in [0.2, 0.25) is 52.0 Å². The first-order valence-electron chi connectivity index (χ1n) is 20.1. The quantitative estimate of drug-likeness (QED) is 0.0824. The molecule has 7 N–H and O–H groups in total. The van der Waals surface area contributed by atoms with Crippen LogP contribution >= 0.6 is 55.1 Å². The van der Waals surface area contributed by atoms with Crippen molar-refractivity contribution in [2.75, 3.05) is 26.6 Å². The van der Waals surface area contributed by atoms with Gasteiger partial charge in [-0.05, 0) is 96.0 Å². The minimum Gasteiger partial charge on any atom is -0.404 e. The van der Waals surface area contributed by atoms with E-state index in [1.807, 2.05) is 19.1 Å². The van der Waals surface area contributed by atoms with Crippen LogP contribution in [-0.2, 0) is 43.2 Å². The Kier molecular flexibility index (Phi) is 15.6. The van der Waals surface area contributed by atoms with Crippen LogP contribution in [0.3, 0.4) is 0 Å². The van der Waals surface area contributed by atoms with Crippen LogP contribution in [0.15, 0.2) is 163 Å². The molecule has 0 bridgehead atoms. The summed E-state index contributed by atoms with van der Waals surface area (Å²) in [4.78, 5) is 119. The SMILES string of the molecule is C/C=C1\C(=O)/C(=C/Nc2cc(Br)c(N/C=C3/C(=O)/C(=C\Nc4cc(Cl)c(N/C=C5/C(=O)/C(=C\Nc6ccc(C)cc6)C(=O)/C(=C\C)C5=O)cc4Cl)C(=O)/C(=C\C)C3=O)cc2Br)C(=O)/C(=C/N)C1=O. The molecule has 3 fully saturated rings. The molecule has 3 aromatic carbocycles. The average Bonchev–Trinajstić information content (AvgIpc) is 3.29. The topological polar surface area (TPSA) is 240 Å². The maximum Gasteiger partial charge on any atom is 0.203 e.